The predicted octanol–water partition coefficient (Wildman–Crippen LogP) is 1.57. The molecule has 0 aromatic carbocycles. The van der Waals surface area contributed by atoms with Crippen LogP contribution in [0.5, 0.6) is 0 Å². The summed E-state index contributed by atoms with van der Waals surface area (Å²) in [5, 5.41) is 0. The van der Waals surface area contributed by atoms with Crippen molar-refractivity contribution in [3.63, 3.8) is 0 Å². The molecule has 4 heteroatoms. The first kappa shape index (κ1) is 9.05. The highest BCUT2D eigenvalue weighted by Gasteiger charge is 2.21. The van der Waals surface area contributed by atoms with Gasteiger partial charge in [-0.3, -0.25) is 0 Å². The Morgan fingerprint density at radius 1 is 0.857 bits per heavy atom. The van der Waals surface area contributed by atoms with Gasteiger partial charge in [-0.2, -0.15) is 0 Å². The molecule has 0 radical (unpaired) electrons. The van der Waals surface area contributed by atoms with Crippen LogP contribution in [0.1, 0.15) is 23.6 Å². The van der Waals surface area contributed by atoms with Gasteiger partial charge >= 0.3 is 0 Å². The minimum Gasteiger partial charge on any atom is -0.468 e. The first-order valence-electron chi connectivity index (χ1n) is 4.37. The highest BCUT2D eigenvalue weighted by molar-refractivity contribution is 5.13. The molecule has 4 nitrogen and oxygen atoms in total. The number of hydrogen-bond donors (Lipinski definition) is 2. The van der Waals surface area contributed by atoms with Gasteiger partial charge in [-0.25, -0.2) is 0 Å². The van der Waals surface area contributed by atoms with E-state index in [1.165, 1.54) is 0 Å². The van der Waals surface area contributed by atoms with E-state index in [9.17, 15) is 0 Å². The van der Waals surface area contributed by atoms with E-state index in [1.807, 2.05) is 0 Å². The monoisotopic (exact) mass is 192 g/mol. The number of nitrogens with two attached hydrogens (primary N) is 2. The van der Waals surface area contributed by atoms with Crippen LogP contribution < -0.4 is 11.5 Å². The molecule has 0 fully saturated rings. The molecule has 0 aliphatic heterocycles. The lowest BCUT2D eigenvalue weighted by atomic mass is 10.1. The van der Waals surface area contributed by atoms with Gasteiger partial charge in [-0.1, -0.05) is 0 Å². The summed E-state index contributed by atoms with van der Waals surface area (Å²) < 4.78 is 10.3. The molecule has 2 aromatic rings. The van der Waals surface area contributed by atoms with Gasteiger partial charge in [0.05, 0.1) is 24.6 Å². The van der Waals surface area contributed by atoms with E-state index in [4.69, 9.17) is 20.3 Å². The topological polar surface area (TPSA) is 78.3 Å². The summed E-state index contributed by atoms with van der Waals surface area (Å²) in [6.07, 6.45) is 3.15. The summed E-state index contributed by atoms with van der Waals surface area (Å²) in [7, 11) is 0. The van der Waals surface area contributed by atoms with E-state index in [0.29, 0.717) is 11.5 Å². The normalized spacial score (nSPS) is 15.3. The van der Waals surface area contributed by atoms with Gasteiger partial charge in [0.25, 0.3) is 0 Å². The Bertz CT molecular complexity index is 328. The number of furan rings is 2. The molecule has 2 heterocycles. The first-order chi connectivity index (χ1) is 6.79. The van der Waals surface area contributed by atoms with Crippen molar-refractivity contribution in [3.8, 4) is 0 Å². The molecule has 0 saturated carbocycles. The van der Waals surface area contributed by atoms with E-state index in [1.54, 1.807) is 36.8 Å². The third kappa shape index (κ3) is 1.57. The maximum absolute atomic E-state index is 5.90. The highest BCUT2D eigenvalue weighted by atomic mass is 16.3. The fraction of sp³-hybridized carbons (Fsp3) is 0.200. The fourth-order valence-corrected chi connectivity index (χ4v) is 1.32. The minimum absolute atomic E-state index is 0.379. The van der Waals surface area contributed by atoms with Crippen molar-refractivity contribution in [1.82, 2.24) is 0 Å². The Kier molecular flexibility index (Phi) is 2.39. The molecule has 0 unspecified atom stereocenters. The van der Waals surface area contributed by atoms with E-state index in [2.05, 4.69) is 0 Å². The zero-order valence-corrected chi connectivity index (χ0v) is 7.59. The van der Waals surface area contributed by atoms with Crippen molar-refractivity contribution in [2.24, 2.45) is 11.5 Å². The van der Waals surface area contributed by atoms with E-state index < -0.39 is 0 Å². The van der Waals surface area contributed by atoms with Crippen LogP contribution in [-0.2, 0) is 0 Å². The van der Waals surface area contributed by atoms with Crippen molar-refractivity contribution in [2.75, 3.05) is 0 Å². The third-order valence-corrected chi connectivity index (χ3v) is 2.13. The molecule has 2 aromatic heterocycles. The van der Waals surface area contributed by atoms with Crippen LogP contribution in [0.3, 0.4) is 0 Å². The third-order valence-electron chi connectivity index (χ3n) is 2.13. The molecule has 0 saturated heterocycles. The molecule has 14 heavy (non-hydrogen) atoms. The fourth-order valence-electron chi connectivity index (χ4n) is 1.32. The predicted molar refractivity (Wildman–Crippen MR) is 51.3 cm³/mol. The molecule has 2 rings (SSSR count). The van der Waals surface area contributed by atoms with Gasteiger partial charge in [0.2, 0.25) is 0 Å². The Morgan fingerprint density at radius 3 is 1.57 bits per heavy atom. The van der Waals surface area contributed by atoms with Crippen LogP contribution in [0.2, 0.25) is 0 Å². The second kappa shape index (κ2) is 3.69. The van der Waals surface area contributed by atoms with Gasteiger partial charge in [0.1, 0.15) is 11.5 Å². The largest absolute Gasteiger partial charge is 0.468 e. The van der Waals surface area contributed by atoms with Crippen molar-refractivity contribution >= 4 is 0 Å². The molecule has 0 amide bonds. The van der Waals surface area contributed by atoms with Crippen LogP contribution in [-0.4, -0.2) is 0 Å². The van der Waals surface area contributed by atoms with Crippen molar-refractivity contribution in [2.45, 2.75) is 12.1 Å². The standard InChI is InChI=1S/C10H12N2O2/c11-9(7-3-1-5-13-7)10(12)8-4-2-6-14-8/h1-6,9-10H,11-12H2/t9-,10-/m1/s1. The van der Waals surface area contributed by atoms with Crippen LogP contribution in [0.4, 0.5) is 0 Å². The molecule has 2 atom stereocenters. The smallest absolute Gasteiger partial charge is 0.122 e. The minimum atomic E-state index is -0.379. The molecule has 74 valence electrons. The number of hydrogen-bond acceptors (Lipinski definition) is 4. The quantitative estimate of drug-likeness (QED) is 0.773. The Labute approximate surface area is 81.5 Å². The second-order valence-corrected chi connectivity index (χ2v) is 3.08. The second-order valence-electron chi connectivity index (χ2n) is 3.08. The van der Waals surface area contributed by atoms with Crippen molar-refractivity contribution < 1.29 is 8.83 Å². The average Bonchev–Trinajstić information content (AvgIpc) is 2.87. The van der Waals surface area contributed by atoms with Crippen molar-refractivity contribution in [1.29, 1.82) is 0 Å². The summed E-state index contributed by atoms with van der Waals surface area (Å²) in [5.74, 6) is 1.32. The van der Waals surface area contributed by atoms with Crippen molar-refractivity contribution in [3.05, 3.63) is 48.3 Å². The van der Waals surface area contributed by atoms with E-state index >= 15 is 0 Å². The van der Waals surface area contributed by atoms with Crippen LogP contribution in [0.15, 0.2) is 45.6 Å². The highest BCUT2D eigenvalue weighted by Crippen LogP contribution is 2.24. The Balaban J connectivity index is 2.16. The summed E-state index contributed by atoms with van der Waals surface area (Å²) in [4.78, 5) is 0. The van der Waals surface area contributed by atoms with Crippen LogP contribution in [0.25, 0.3) is 0 Å². The Hall–Kier alpha value is -1.52. The molecular weight excluding hydrogens is 180 g/mol. The van der Waals surface area contributed by atoms with Gasteiger partial charge in [0.15, 0.2) is 0 Å². The van der Waals surface area contributed by atoms with Gasteiger partial charge in [-0.15, -0.1) is 0 Å². The first-order valence-corrected chi connectivity index (χ1v) is 4.37. The Morgan fingerprint density at radius 2 is 1.29 bits per heavy atom. The van der Waals surface area contributed by atoms with E-state index in [-0.39, 0.29) is 12.1 Å². The van der Waals surface area contributed by atoms with Gasteiger partial charge in [0, 0.05) is 0 Å². The zero-order chi connectivity index (χ0) is 9.97. The SMILES string of the molecule is N[C@H](c1ccco1)[C@H](N)c1ccco1. The molecule has 0 bridgehead atoms. The maximum atomic E-state index is 5.90. The summed E-state index contributed by atoms with van der Waals surface area (Å²) in [6, 6.07) is 6.40. The lowest BCUT2D eigenvalue weighted by Crippen LogP contribution is -2.25. The summed E-state index contributed by atoms with van der Waals surface area (Å²) >= 11 is 0. The zero-order valence-electron chi connectivity index (χ0n) is 7.59. The number of rotatable bonds is 3. The molecular formula is C10H12N2O2. The molecule has 0 spiro atoms. The van der Waals surface area contributed by atoms with Crippen LogP contribution in [0, 0.1) is 0 Å². The van der Waals surface area contributed by atoms with Gasteiger partial charge in [-0.05, 0) is 24.3 Å². The van der Waals surface area contributed by atoms with Gasteiger partial charge < -0.3 is 20.3 Å². The average molecular weight is 192 g/mol. The van der Waals surface area contributed by atoms with Crippen LogP contribution >= 0.6 is 0 Å². The molecule has 0 aliphatic carbocycles. The maximum Gasteiger partial charge on any atom is 0.122 e. The van der Waals surface area contributed by atoms with E-state index in [0.717, 1.165) is 0 Å². The molecule has 4 N–H and O–H groups in total. The lowest BCUT2D eigenvalue weighted by Gasteiger charge is -2.15. The summed E-state index contributed by atoms with van der Waals surface area (Å²) in [6.45, 7) is 0. The molecule has 0 aliphatic rings. The lowest BCUT2D eigenvalue weighted by molar-refractivity contribution is 0.381. The summed E-state index contributed by atoms with van der Waals surface area (Å²) in [5.41, 5.74) is 11.8.